The molecule has 0 bridgehead atoms. The van der Waals surface area contributed by atoms with Crippen molar-refractivity contribution in [2.24, 2.45) is 0 Å². The fourth-order valence-electron chi connectivity index (χ4n) is 3.52. The summed E-state index contributed by atoms with van der Waals surface area (Å²) in [6.07, 6.45) is 2.58. The minimum atomic E-state index is -3.76. The van der Waals surface area contributed by atoms with Gasteiger partial charge in [-0.3, -0.25) is 9.03 Å². The second-order valence-corrected chi connectivity index (χ2v) is 10.5. The van der Waals surface area contributed by atoms with Crippen LogP contribution in [-0.2, 0) is 26.5 Å². The fraction of sp³-hybridized carbons (Fsp3) is 0.200. The monoisotopic (exact) mass is 416 g/mol. The van der Waals surface area contributed by atoms with Gasteiger partial charge in [-0.15, -0.1) is 0 Å². The van der Waals surface area contributed by atoms with E-state index in [0.29, 0.717) is 30.8 Å². The molecule has 1 aliphatic heterocycles. The summed E-state index contributed by atoms with van der Waals surface area (Å²) in [6.45, 7) is 0.438. The first kappa shape index (κ1) is 18.8. The molecular formula is C20H20N2O4S2. The van der Waals surface area contributed by atoms with E-state index in [1.165, 1.54) is 10.6 Å². The summed E-state index contributed by atoms with van der Waals surface area (Å²) < 4.78 is 53.6. The van der Waals surface area contributed by atoms with Gasteiger partial charge in [-0.2, -0.15) is 0 Å². The van der Waals surface area contributed by atoms with Crippen LogP contribution in [0.4, 0.5) is 11.4 Å². The quantitative estimate of drug-likeness (QED) is 0.707. The van der Waals surface area contributed by atoms with Gasteiger partial charge < -0.3 is 0 Å². The SMILES string of the molecule is CS(=O)(=O)N1CCCc2cc(NS(=O)(=O)c3ccc4ccccc4c3)ccc21. The number of nitrogens with zero attached hydrogens (tertiary/aromatic N) is 1. The number of hydrogen-bond acceptors (Lipinski definition) is 4. The van der Waals surface area contributed by atoms with Crippen LogP contribution in [0.25, 0.3) is 10.8 Å². The maximum Gasteiger partial charge on any atom is 0.261 e. The van der Waals surface area contributed by atoms with Crippen molar-refractivity contribution in [1.82, 2.24) is 0 Å². The lowest BCUT2D eigenvalue weighted by atomic mass is 10.0. The molecule has 1 heterocycles. The van der Waals surface area contributed by atoms with E-state index in [1.807, 2.05) is 24.3 Å². The van der Waals surface area contributed by atoms with Crippen LogP contribution in [0.3, 0.4) is 0 Å². The molecule has 28 heavy (non-hydrogen) atoms. The highest BCUT2D eigenvalue weighted by molar-refractivity contribution is 7.92. The van der Waals surface area contributed by atoms with E-state index in [-0.39, 0.29) is 4.90 Å². The second-order valence-electron chi connectivity index (χ2n) is 6.90. The Morgan fingerprint density at radius 1 is 0.893 bits per heavy atom. The molecule has 0 atom stereocenters. The predicted molar refractivity (Wildman–Crippen MR) is 112 cm³/mol. The highest BCUT2D eigenvalue weighted by atomic mass is 32.2. The first-order valence-electron chi connectivity index (χ1n) is 8.86. The summed E-state index contributed by atoms with van der Waals surface area (Å²) in [5.74, 6) is 0. The number of nitrogens with one attached hydrogen (secondary N) is 1. The summed E-state index contributed by atoms with van der Waals surface area (Å²) in [4.78, 5) is 0.182. The van der Waals surface area contributed by atoms with E-state index < -0.39 is 20.0 Å². The number of rotatable bonds is 4. The standard InChI is InChI=1S/C20H20N2O4S2/c1-27(23,24)22-12-4-7-17-13-18(9-11-20(17)22)21-28(25,26)19-10-8-15-5-2-3-6-16(15)14-19/h2-3,5-6,8-11,13-14,21H,4,7,12H2,1H3. The minimum absolute atomic E-state index is 0.182. The molecule has 0 amide bonds. The summed E-state index contributed by atoms with van der Waals surface area (Å²) in [5.41, 5.74) is 1.85. The van der Waals surface area contributed by atoms with E-state index in [0.717, 1.165) is 16.3 Å². The van der Waals surface area contributed by atoms with Gasteiger partial charge in [0.1, 0.15) is 0 Å². The fourth-order valence-corrected chi connectivity index (χ4v) is 5.60. The zero-order valence-electron chi connectivity index (χ0n) is 15.3. The van der Waals surface area contributed by atoms with Crippen molar-refractivity contribution in [2.45, 2.75) is 17.7 Å². The normalized spacial score (nSPS) is 14.7. The Bertz CT molecular complexity index is 1270. The van der Waals surface area contributed by atoms with E-state index in [9.17, 15) is 16.8 Å². The maximum atomic E-state index is 12.8. The highest BCUT2D eigenvalue weighted by Crippen LogP contribution is 2.32. The van der Waals surface area contributed by atoms with Crippen molar-refractivity contribution in [2.75, 3.05) is 21.8 Å². The lowest BCUT2D eigenvalue weighted by Crippen LogP contribution is -2.34. The average Bonchev–Trinajstić information content (AvgIpc) is 2.66. The summed E-state index contributed by atoms with van der Waals surface area (Å²) in [7, 11) is -7.11. The topological polar surface area (TPSA) is 83.6 Å². The molecule has 0 unspecified atom stereocenters. The van der Waals surface area contributed by atoms with Gasteiger partial charge in [-0.1, -0.05) is 30.3 Å². The maximum absolute atomic E-state index is 12.8. The Hall–Kier alpha value is -2.58. The van der Waals surface area contributed by atoms with Gasteiger partial charge in [0.15, 0.2) is 0 Å². The van der Waals surface area contributed by atoms with Gasteiger partial charge in [0, 0.05) is 12.2 Å². The van der Waals surface area contributed by atoms with Crippen molar-refractivity contribution in [3.05, 3.63) is 66.2 Å². The summed E-state index contributed by atoms with van der Waals surface area (Å²) in [6, 6.07) is 17.5. The molecule has 0 spiro atoms. The molecule has 0 aromatic heterocycles. The number of fused-ring (bicyclic) bond motifs is 2. The van der Waals surface area contributed by atoms with E-state index in [1.54, 1.807) is 36.4 Å². The van der Waals surface area contributed by atoms with Gasteiger partial charge in [0.05, 0.1) is 16.8 Å². The number of anilines is 2. The molecule has 1 N–H and O–H groups in total. The van der Waals surface area contributed by atoms with Gasteiger partial charge in [0.25, 0.3) is 10.0 Å². The Morgan fingerprint density at radius 3 is 2.39 bits per heavy atom. The Labute approximate surface area is 164 Å². The third kappa shape index (κ3) is 3.57. The van der Waals surface area contributed by atoms with Crippen molar-refractivity contribution in [3.8, 4) is 0 Å². The molecule has 0 saturated heterocycles. The smallest absolute Gasteiger partial charge is 0.261 e. The van der Waals surface area contributed by atoms with Crippen LogP contribution in [-0.4, -0.2) is 29.6 Å². The number of aryl methyl sites for hydroxylation is 1. The predicted octanol–water partition coefficient (Wildman–Crippen LogP) is 3.35. The van der Waals surface area contributed by atoms with Crippen molar-refractivity contribution >= 4 is 42.2 Å². The van der Waals surface area contributed by atoms with Crippen molar-refractivity contribution in [1.29, 1.82) is 0 Å². The molecule has 0 aliphatic carbocycles. The lowest BCUT2D eigenvalue weighted by molar-refractivity contribution is 0.592. The summed E-state index contributed by atoms with van der Waals surface area (Å²) in [5, 5.41) is 1.82. The van der Waals surface area contributed by atoms with Gasteiger partial charge in [-0.25, -0.2) is 16.8 Å². The van der Waals surface area contributed by atoms with Crippen LogP contribution in [0.1, 0.15) is 12.0 Å². The number of sulfonamides is 2. The zero-order valence-corrected chi connectivity index (χ0v) is 16.9. The van der Waals surface area contributed by atoms with E-state index in [4.69, 9.17) is 0 Å². The average molecular weight is 417 g/mol. The van der Waals surface area contributed by atoms with Gasteiger partial charge >= 0.3 is 0 Å². The molecular weight excluding hydrogens is 396 g/mol. The Morgan fingerprint density at radius 2 is 1.64 bits per heavy atom. The largest absolute Gasteiger partial charge is 0.280 e. The number of benzene rings is 3. The molecule has 3 aromatic rings. The molecule has 8 heteroatoms. The third-order valence-corrected chi connectivity index (χ3v) is 7.40. The van der Waals surface area contributed by atoms with Gasteiger partial charge in [0.2, 0.25) is 10.0 Å². The lowest BCUT2D eigenvalue weighted by Gasteiger charge is -2.29. The van der Waals surface area contributed by atoms with Gasteiger partial charge in [-0.05, 0) is 59.5 Å². The molecule has 1 aliphatic rings. The molecule has 0 fully saturated rings. The first-order chi connectivity index (χ1) is 13.2. The Balaban J connectivity index is 1.66. The molecule has 0 saturated carbocycles. The second kappa shape index (κ2) is 6.79. The van der Waals surface area contributed by atoms with Crippen LogP contribution in [0, 0.1) is 0 Å². The van der Waals surface area contributed by atoms with Crippen LogP contribution in [0.5, 0.6) is 0 Å². The van der Waals surface area contributed by atoms with Crippen LogP contribution >= 0.6 is 0 Å². The summed E-state index contributed by atoms with van der Waals surface area (Å²) >= 11 is 0. The third-order valence-electron chi connectivity index (χ3n) is 4.84. The van der Waals surface area contributed by atoms with Crippen LogP contribution in [0.15, 0.2) is 65.6 Å². The molecule has 0 radical (unpaired) electrons. The van der Waals surface area contributed by atoms with Crippen molar-refractivity contribution < 1.29 is 16.8 Å². The minimum Gasteiger partial charge on any atom is -0.280 e. The van der Waals surface area contributed by atoms with Crippen molar-refractivity contribution in [3.63, 3.8) is 0 Å². The molecule has 3 aromatic carbocycles. The van der Waals surface area contributed by atoms with E-state index in [2.05, 4.69) is 4.72 Å². The first-order valence-corrected chi connectivity index (χ1v) is 12.2. The molecule has 146 valence electrons. The van der Waals surface area contributed by atoms with Crippen LogP contribution < -0.4 is 9.03 Å². The zero-order chi connectivity index (χ0) is 19.9. The molecule has 4 rings (SSSR count). The Kier molecular flexibility index (Phi) is 4.55. The number of hydrogen-bond donors (Lipinski definition) is 1. The molecule has 6 nitrogen and oxygen atoms in total. The highest BCUT2D eigenvalue weighted by Gasteiger charge is 2.24. The van der Waals surface area contributed by atoms with Crippen LogP contribution in [0.2, 0.25) is 0 Å². The van der Waals surface area contributed by atoms with E-state index >= 15 is 0 Å².